The number of fused-ring (bicyclic) bond motifs is 1. The van der Waals surface area contributed by atoms with Crippen LogP contribution in [0.2, 0.25) is 0 Å². The summed E-state index contributed by atoms with van der Waals surface area (Å²) in [6.45, 7) is 3.76. The molecule has 0 fully saturated rings. The van der Waals surface area contributed by atoms with E-state index in [1.807, 2.05) is 6.92 Å². The molecule has 0 radical (unpaired) electrons. The van der Waals surface area contributed by atoms with Crippen molar-refractivity contribution in [1.29, 1.82) is 0 Å². The van der Waals surface area contributed by atoms with Gasteiger partial charge in [0.15, 0.2) is 5.69 Å². The summed E-state index contributed by atoms with van der Waals surface area (Å²) in [7, 11) is 0. The molecule has 0 saturated heterocycles. The van der Waals surface area contributed by atoms with Crippen LogP contribution in [0.5, 0.6) is 0 Å². The SMILES string of the molecule is CCCn1nc(C(=O)NNC(=O)c2cc([N+](=O)[O-])c(C)s2)c2ccccc2c1=O. The third-order valence-corrected chi connectivity index (χ3v) is 5.16. The smallest absolute Gasteiger partial charge is 0.267 e. The number of thiophene rings is 1. The molecule has 2 N–H and O–H groups in total. The summed E-state index contributed by atoms with van der Waals surface area (Å²) in [6.07, 6.45) is 0.652. The number of aryl methyl sites for hydroxylation is 2. The number of hydrogen-bond donors (Lipinski definition) is 2. The lowest BCUT2D eigenvalue weighted by Crippen LogP contribution is -2.42. The predicted octanol–water partition coefficient (Wildman–Crippen LogP) is 2.16. The van der Waals surface area contributed by atoms with E-state index in [4.69, 9.17) is 0 Å². The molecule has 10 nitrogen and oxygen atoms in total. The Balaban J connectivity index is 1.86. The molecule has 0 aliphatic rings. The fourth-order valence-corrected chi connectivity index (χ4v) is 3.65. The molecule has 0 bridgehead atoms. The van der Waals surface area contributed by atoms with Crippen LogP contribution < -0.4 is 16.4 Å². The van der Waals surface area contributed by atoms with Gasteiger partial charge in [-0.05, 0) is 19.4 Å². The third kappa shape index (κ3) is 3.99. The van der Waals surface area contributed by atoms with Gasteiger partial charge in [-0.2, -0.15) is 5.10 Å². The largest absolute Gasteiger partial charge is 0.290 e. The number of nitrogens with zero attached hydrogens (tertiary/aromatic N) is 3. The number of nitro groups is 1. The van der Waals surface area contributed by atoms with Crippen LogP contribution in [-0.4, -0.2) is 26.5 Å². The van der Waals surface area contributed by atoms with Crippen LogP contribution in [0.1, 0.15) is 38.4 Å². The van der Waals surface area contributed by atoms with Gasteiger partial charge < -0.3 is 0 Å². The van der Waals surface area contributed by atoms with Crippen molar-refractivity contribution < 1.29 is 14.5 Å². The molecule has 1 aromatic carbocycles. The monoisotopic (exact) mass is 415 g/mol. The number of nitrogens with one attached hydrogen (secondary N) is 2. The second kappa shape index (κ2) is 8.19. The molecule has 0 aliphatic heterocycles. The first-order valence-corrected chi connectivity index (χ1v) is 9.50. The van der Waals surface area contributed by atoms with Crippen molar-refractivity contribution in [3.8, 4) is 0 Å². The quantitative estimate of drug-likeness (QED) is 0.484. The highest BCUT2D eigenvalue weighted by Crippen LogP contribution is 2.27. The summed E-state index contributed by atoms with van der Waals surface area (Å²) in [5.74, 6) is -1.40. The predicted molar refractivity (Wildman–Crippen MR) is 107 cm³/mol. The fourth-order valence-electron chi connectivity index (χ4n) is 2.77. The topological polar surface area (TPSA) is 136 Å². The van der Waals surface area contributed by atoms with Gasteiger partial charge in [-0.1, -0.05) is 25.1 Å². The van der Waals surface area contributed by atoms with E-state index < -0.39 is 16.7 Å². The van der Waals surface area contributed by atoms with E-state index in [-0.39, 0.29) is 21.8 Å². The van der Waals surface area contributed by atoms with Gasteiger partial charge in [-0.15, -0.1) is 11.3 Å². The number of carbonyl (C=O) groups excluding carboxylic acids is 2. The Bertz CT molecular complexity index is 1180. The molecule has 0 spiro atoms. The first-order chi connectivity index (χ1) is 13.8. The average Bonchev–Trinajstić information content (AvgIpc) is 3.10. The highest BCUT2D eigenvalue weighted by atomic mass is 32.1. The second-order valence-electron chi connectivity index (χ2n) is 6.14. The number of hydrazine groups is 1. The van der Waals surface area contributed by atoms with Gasteiger partial charge in [0.2, 0.25) is 0 Å². The molecular weight excluding hydrogens is 398 g/mol. The number of rotatable bonds is 5. The Kier molecular flexibility index (Phi) is 5.69. The highest BCUT2D eigenvalue weighted by Gasteiger charge is 2.21. The molecule has 3 rings (SSSR count). The standard InChI is InChI=1S/C18H17N5O5S/c1-3-8-22-18(26)12-7-5-4-6-11(12)15(21-22)17(25)20-19-16(24)14-9-13(23(27)28)10(2)29-14/h4-7,9H,3,8H2,1-2H3,(H,19,24)(H,20,25). The second-order valence-corrected chi connectivity index (χ2v) is 7.40. The van der Waals surface area contributed by atoms with Crippen LogP contribution in [0.3, 0.4) is 0 Å². The molecule has 29 heavy (non-hydrogen) atoms. The van der Waals surface area contributed by atoms with E-state index in [2.05, 4.69) is 16.0 Å². The lowest BCUT2D eigenvalue weighted by atomic mass is 10.1. The normalized spacial score (nSPS) is 10.7. The van der Waals surface area contributed by atoms with Crippen molar-refractivity contribution in [3.05, 3.63) is 66.2 Å². The van der Waals surface area contributed by atoms with Gasteiger partial charge in [0, 0.05) is 18.0 Å². The van der Waals surface area contributed by atoms with E-state index >= 15 is 0 Å². The number of benzene rings is 1. The summed E-state index contributed by atoms with van der Waals surface area (Å²) in [5.41, 5.74) is 4.01. The van der Waals surface area contributed by atoms with Gasteiger partial charge in [-0.3, -0.25) is 35.3 Å². The average molecular weight is 415 g/mol. The number of aromatic nitrogens is 2. The van der Waals surface area contributed by atoms with Crippen molar-refractivity contribution in [1.82, 2.24) is 20.6 Å². The number of hydrogen-bond acceptors (Lipinski definition) is 7. The maximum atomic E-state index is 12.6. The Labute approximate surface area is 168 Å². The van der Waals surface area contributed by atoms with Crippen molar-refractivity contribution in [2.75, 3.05) is 0 Å². The molecule has 3 aromatic rings. The van der Waals surface area contributed by atoms with Crippen LogP contribution in [0.4, 0.5) is 5.69 Å². The van der Waals surface area contributed by atoms with Crippen molar-refractivity contribution in [2.45, 2.75) is 26.8 Å². The van der Waals surface area contributed by atoms with Crippen LogP contribution in [0.25, 0.3) is 10.8 Å². The minimum absolute atomic E-state index is 0.0118. The van der Waals surface area contributed by atoms with Crippen LogP contribution in [0, 0.1) is 17.0 Å². The van der Waals surface area contributed by atoms with Crippen LogP contribution in [0.15, 0.2) is 35.1 Å². The molecule has 0 aliphatic carbocycles. The van der Waals surface area contributed by atoms with E-state index in [1.165, 1.54) is 11.6 Å². The molecule has 2 amide bonds. The van der Waals surface area contributed by atoms with E-state index in [0.29, 0.717) is 28.6 Å². The minimum atomic E-state index is -0.706. The highest BCUT2D eigenvalue weighted by molar-refractivity contribution is 7.14. The maximum absolute atomic E-state index is 12.6. The number of carbonyl (C=O) groups is 2. The van der Waals surface area contributed by atoms with Gasteiger partial charge in [0.1, 0.15) is 4.88 Å². The minimum Gasteiger partial charge on any atom is -0.267 e. The molecule has 0 atom stereocenters. The summed E-state index contributed by atoms with van der Waals surface area (Å²) in [5, 5.41) is 15.8. The first kappa shape index (κ1) is 20.1. The first-order valence-electron chi connectivity index (χ1n) is 8.68. The fraction of sp³-hybridized carbons (Fsp3) is 0.222. The van der Waals surface area contributed by atoms with E-state index in [1.54, 1.807) is 24.3 Å². The Morgan fingerprint density at radius 1 is 1.21 bits per heavy atom. The molecule has 0 saturated carbocycles. The molecule has 150 valence electrons. The van der Waals surface area contributed by atoms with Gasteiger partial charge in [0.05, 0.1) is 15.2 Å². The molecule has 2 aromatic heterocycles. The van der Waals surface area contributed by atoms with Gasteiger partial charge in [0.25, 0.3) is 23.1 Å². The number of amides is 2. The Hall–Kier alpha value is -3.60. The zero-order valence-corrected chi connectivity index (χ0v) is 16.4. The molecular formula is C18H17N5O5S. The third-order valence-electron chi connectivity index (χ3n) is 4.12. The molecule has 11 heteroatoms. The summed E-state index contributed by atoms with van der Waals surface area (Å²) >= 11 is 0.946. The summed E-state index contributed by atoms with van der Waals surface area (Å²) in [4.78, 5) is 48.2. The van der Waals surface area contributed by atoms with Crippen molar-refractivity contribution in [2.24, 2.45) is 0 Å². The van der Waals surface area contributed by atoms with Crippen molar-refractivity contribution in [3.63, 3.8) is 0 Å². The van der Waals surface area contributed by atoms with E-state index in [0.717, 1.165) is 17.4 Å². The maximum Gasteiger partial charge on any atom is 0.290 e. The summed E-state index contributed by atoms with van der Waals surface area (Å²) in [6, 6.07) is 7.72. The van der Waals surface area contributed by atoms with E-state index in [9.17, 15) is 24.5 Å². The molecule has 2 heterocycles. The Morgan fingerprint density at radius 2 is 1.86 bits per heavy atom. The van der Waals surface area contributed by atoms with Crippen LogP contribution >= 0.6 is 11.3 Å². The summed E-state index contributed by atoms with van der Waals surface area (Å²) < 4.78 is 1.21. The zero-order valence-electron chi connectivity index (χ0n) is 15.6. The zero-order chi connectivity index (χ0) is 21.1. The molecule has 0 unspecified atom stereocenters. The lowest BCUT2D eigenvalue weighted by Gasteiger charge is -2.11. The van der Waals surface area contributed by atoms with Gasteiger partial charge >= 0.3 is 0 Å². The lowest BCUT2D eigenvalue weighted by molar-refractivity contribution is -0.385. The van der Waals surface area contributed by atoms with Gasteiger partial charge in [-0.25, -0.2) is 4.68 Å². The van der Waals surface area contributed by atoms with Crippen molar-refractivity contribution >= 4 is 39.6 Å². The van der Waals surface area contributed by atoms with Crippen LogP contribution in [-0.2, 0) is 6.54 Å². The Morgan fingerprint density at radius 3 is 2.48 bits per heavy atom.